The molecule has 2 rings (SSSR count). The third kappa shape index (κ3) is 2.35. The van der Waals surface area contributed by atoms with E-state index >= 15 is 0 Å². The summed E-state index contributed by atoms with van der Waals surface area (Å²) < 4.78 is 22.9. The number of aromatic hydroxyl groups is 1. The van der Waals surface area contributed by atoms with E-state index in [-0.39, 0.29) is 5.39 Å². The number of halogens is 3. The van der Waals surface area contributed by atoms with Gasteiger partial charge in [-0.3, -0.25) is 4.98 Å². The lowest BCUT2D eigenvalue weighted by molar-refractivity contribution is 0.465. The topological polar surface area (TPSA) is 67.3 Å². The lowest BCUT2D eigenvalue weighted by Crippen LogP contribution is -1.94. The van der Waals surface area contributed by atoms with Crippen LogP contribution < -0.4 is 0 Å². The first-order valence-electron chi connectivity index (χ1n) is 4.22. The molecule has 0 aliphatic heterocycles. The normalized spacial score (nSPS) is 11.9. The summed E-state index contributed by atoms with van der Waals surface area (Å²) in [6.45, 7) is 0. The van der Waals surface area contributed by atoms with Crippen molar-refractivity contribution < 1.29 is 13.5 Å². The highest BCUT2D eigenvalue weighted by atomic mass is 79.9. The number of hydrogen-bond acceptors (Lipinski definition) is 4. The monoisotopic (exact) mass is 355 g/mol. The molecular weight excluding hydrogens is 353 g/mol. The van der Waals surface area contributed by atoms with Gasteiger partial charge in [-0.15, -0.1) is 0 Å². The number of aromatic nitrogens is 1. The molecule has 0 spiro atoms. The minimum absolute atomic E-state index is 0.222. The van der Waals surface area contributed by atoms with Crippen molar-refractivity contribution in [3.8, 4) is 5.75 Å². The van der Waals surface area contributed by atoms with Crippen LogP contribution in [-0.4, -0.2) is 18.5 Å². The molecule has 0 atom stereocenters. The molecule has 1 aromatic carbocycles. The van der Waals surface area contributed by atoms with Crippen LogP contribution in [0.2, 0.25) is 5.02 Å². The second-order valence-electron chi connectivity index (χ2n) is 3.19. The summed E-state index contributed by atoms with van der Waals surface area (Å²) in [7, 11) is 1.12. The van der Waals surface area contributed by atoms with Crippen molar-refractivity contribution in [3.63, 3.8) is 0 Å². The zero-order valence-electron chi connectivity index (χ0n) is 7.99. The predicted octanol–water partition coefficient (Wildman–Crippen LogP) is 3.28. The number of benzene rings is 1. The Balaban J connectivity index is 2.90. The van der Waals surface area contributed by atoms with Gasteiger partial charge in [0.1, 0.15) is 10.6 Å². The lowest BCUT2D eigenvalue weighted by atomic mass is 10.2. The van der Waals surface area contributed by atoms with Crippen LogP contribution in [-0.2, 0) is 9.05 Å². The second-order valence-corrected chi connectivity index (χ2v) is 6.99. The maximum absolute atomic E-state index is 11.2. The summed E-state index contributed by atoms with van der Waals surface area (Å²) in [5, 5.41) is 10.4. The van der Waals surface area contributed by atoms with Crippen LogP contribution in [0.4, 0.5) is 0 Å². The highest BCUT2D eigenvalue weighted by Gasteiger charge is 2.19. The summed E-state index contributed by atoms with van der Waals surface area (Å²) in [5.74, 6) is -0.459. The predicted molar refractivity (Wildman–Crippen MR) is 69.2 cm³/mol. The van der Waals surface area contributed by atoms with Gasteiger partial charge in [0.05, 0.1) is 16.7 Å². The maximum Gasteiger partial charge on any atom is 0.266 e. The van der Waals surface area contributed by atoms with Crippen molar-refractivity contribution in [2.45, 2.75) is 4.90 Å². The largest absolute Gasteiger partial charge is 0.506 e. The lowest BCUT2D eigenvalue weighted by Gasteiger charge is -2.06. The average Bonchev–Trinajstić information content (AvgIpc) is 2.19. The Morgan fingerprint density at radius 3 is 2.59 bits per heavy atom. The molecule has 1 N–H and O–H groups in total. The molecule has 0 radical (unpaired) electrons. The molecule has 0 fully saturated rings. The van der Waals surface area contributed by atoms with Crippen LogP contribution in [0.1, 0.15) is 0 Å². The van der Waals surface area contributed by atoms with Gasteiger partial charge in [-0.25, -0.2) is 8.42 Å². The van der Waals surface area contributed by atoms with Gasteiger partial charge >= 0.3 is 0 Å². The highest BCUT2D eigenvalue weighted by Crippen LogP contribution is 2.36. The molecule has 2 aromatic rings. The van der Waals surface area contributed by atoms with Gasteiger partial charge in [0.25, 0.3) is 9.05 Å². The minimum atomic E-state index is -4.04. The van der Waals surface area contributed by atoms with Crippen molar-refractivity contribution in [1.82, 2.24) is 4.98 Å². The Morgan fingerprint density at radius 1 is 1.35 bits per heavy atom. The first-order chi connectivity index (χ1) is 7.80. The Kier molecular flexibility index (Phi) is 3.24. The highest BCUT2D eigenvalue weighted by molar-refractivity contribution is 9.10. The van der Waals surface area contributed by atoms with Gasteiger partial charge < -0.3 is 5.11 Å². The molecule has 0 saturated heterocycles. The zero-order valence-corrected chi connectivity index (χ0v) is 11.9. The molecule has 1 heterocycles. The smallest absolute Gasteiger partial charge is 0.266 e. The van der Waals surface area contributed by atoms with Gasteiger partial charge in [-0.2, -0.15) is 0 Å². The molecule has 17 heavy (non-hydrogen) atoms. The van der Waals surface area contributed by atoms with Gasteiger partial charge in [0, 0.05) is 20.5 Å². The van der Waals surface area contributed by atoms with Crippen LogP contribution in [0.5, 0.6) is 5.75 Å². The van der Waals surface area contributed by atoms with E-state index in [1.165, 1.54) is 6.07 Å². The molecule has 0 aliphatic rings. The molecule has 0 saturated carbocycles. The van der Waals surface area contributed by atoms with E-state index < -0.39 is 19.7 Å². The Morgan fingerprint density at radius 2 is 2.00 bits per heavy atom. The third-order valence-corrected chi connectivity index (χ3v) is 4.63. The number of nitrogens with zero attached hydrogens (tertiary/aromatic N) is 1. The average molecular weight is 357 g/mol. The first kappa shape index (κ1) is 12.9. The summed E-state index contributed by atoms with van der Waals surface area (Å²) in [4.78, 5) is 3.46. The number of pyridine rings is 1. The van der Waals surface area contributed by atoms with Crippen molar-refractivity contribution in [1.29, 1.82) is 0 Å². The first-order valence-corrected chi connectivity index (χ1v) is 7.70. The van der Waals surface area contributed by atoms with E-state index in [1.54, 1.807) is 6.07 Å². The van der Waals surface area contributed by atoms with Crippen molar-refractivity contribution >= 4 is 58.2 Å². The van der Waals surface area contributed by atoms with E-state index in [9.17, 15) is 13.5 Å². The van der Waals surface area contributed by atoms with Crippen LogP contribution >= 0.6 is 38.2 Å². The fourth-order valence-electron chi connectivity index (χ4n) is 1.33. The number of fused-ring (bicyclic) bond motifs is 1. The molecule has 4 nitrogen and oxygen atoms in total. The molecule has 0 aliphatic carbocycles. The zero-order chi connectivity index (χ0) is 12.8. The molecule has 90 valence electrons. The van der Waals surface area contributed by atoms with E-state index in [0.717, 1.165) is 6.20 Å². The van der Waals surface area contributed by atoms with Crippen LogP contribution in [0.25, 0.3) is 10.9 Å². The van der Waals surface area contributed by atoms with E-state index in [1.807, 2.05) is 0 Å². The van der Waals surface area contributed by atoms with Crippen molar-refractivity contribution in [2.75, 3.05) is 0 Å². The van der Waals surface area contributed by atoms with E-state index in [2.05, 4.69) is 20.9 Å². The standard InChI is InChI=1S/C9H4BrCl2NO3S/c10-5-2-7-4(1-6(5)11)9(14)8(3-13-7)17(12,15)16/h1-3H,(H,13,14). The molecule has 0 amide bonds. The molecule has 8 heteroatoms. The number of hydrogen-bond donors (Lipinski definition) is 1. The third-order valence-electron chi connectivity index (χ3n) is 2.11. The van der Waals surface area contributed by atoms with Gasteiger partial charge in [-0.05, 0) is 28.1 Å². The molecule has 0 bridgehead atoms. The summed E-state index contributed by atoms with van der Waals surface area (Å²) in [6, 6.07) is 2.98. The van der Waals surface area contributed by atoms with Crippen LogP contribution in [0, 0.1) is 0 Å². The Bertz CT molecular complexity index is 718. The van der Waals surface area contributed by atoms with Gasteiger partial charge in [0.15, 0.2) is 0 Å². The quantitative estimate of drug-likeness (QED) is 0.796. The molecular formula is C9H4BrCl2NO3S. The Hall–Kier alpha value is -0.560. The van der Waals surface area contributed by atoms with Gasteiger partial charge in [-0.1, -0.05) is 11.6 Å². The SMILES string of the molecule is O=S(=O)(Cl)c1cnc2cc(Br)c(Cl)cc2c1O. The summed E-state index contributed by atoms with van der Waals surface area (Å²) in [6.07, 6.45) is 1.00. The molecule has 1 aromatic heterocycles. The van der Waals surface area contributed by atoms with E-state index in [0.29, 0.717) is 15.0 Å². The Labute approximate surface area is 115 Å². The second kappa shape index (κ2) is 4.28. The van der Waals surface area contributed by atoms with Gasteiger partial charge in [0.2, 0.25) is 0 Å². The maximum atomic E-state index is 11.2. The summed E-state index contributed by atoms with van der Waals surface area (Å²) >= 11 is 9.06. The van der Waals surface area contributed by atoms with Crippen molar-refractivity contribution in [2.24, 2.45) is 0 Å². The van der Waals surface area contributed by atoms with Crippen LogP contribution in [0.3, 0.4) is 0 Å². The van der Waals surface area contributed by atoms with Crippen molar-refractivity contribution in [3.05, 3.63) is 27.8 Å². The fourth-order valence-corrected chi connectivity index (χ4v) is 2.69. The molecule has 0 unspecified atom stereocenters. The number of rotatable bonds is 1. The van der Waals surface area contributed by atoms with E-state index in [4.69, 9.17) is 22.3 Å². The van der Waals surface area contributed by atoms with Crippen LogP contribution in [0.15, 0.2) is 27.7 Å². The minimum Gasteiger partial charge on any atom is -0.506 e. The fraction of sp³-hybridized carbons (Fsp3) is 0. The summed E-state index contributed by atoms with van der Waals surface area (Å²) in [5.41, 5.74) is 0.405.